The average Bonchev–Trinajstić information content (AvgIpc) is 2.74. The Kier molecular flexibility index (Phi) is 7.11. The molecule has 0 saturated carbocycles. The first-order chi connectivity index (χ1) is 15.0. The topological polar surface area (TPSA) is 82.0 Å². The number of carbonyl (C=O) groups is 1. The number of hydrogen-bond donors (Lipinski definition) is 1. The SMILES string of the molecule is CN1C(=O)c2c(OCc3ccccc3)c(=O)ccn2NC1CCOO[Si](C)(C)C(C)(C)C. The van der Waals surface area contributed by atoms with Gasteiger partial charge in [-0.25, -0.2) is 4.89 Å². The molecule has 0 saturated heterocycles. The Labute approximate surface area is 190 Å². The van der Waals surface area contributed by atoms with Crippen LogP contribution in [-0.4, -0.2) is 43.6 Å². The van der Waals surface area contributed by atoms with Crippen LogP contribution in [0.3, 0.4) is 0 Å². The lowest BCUT2D eigenvalue weighted by Crippen LogP contribution is -2.52. The van der Waals surface area contributed by atoms with Gasteiger partial charge in [-0.3, -0.25) is 18.8 Å². The minimum absolute atomic E-state index is 0.0386. The summed E-state index contributed by atoms with van der Waals surface area (Å²) in [5.41, 5.74) is 4.01. The molecule has 174 valence electrons. The number of aromatic nitrogens is 1. The van der Waals surface area contributed by atoms with E-state index in [1.54, 1.807) is 22.8 Å². The molecule has 0 spiro atoms. The van der Waals surface area contributed by atoms with Crippen LogP contribution in [-0.2, 0) is 16.1 Å². The first kappa shape index (κ1) is 24.0. The van der Waals surface area contributed by atoms with Gasteiger partial charge in [0.1, 0.15) is 12.8 Å². The highest BCUT2D eigenvalue weighted by Crippen LogP contribution is 2.36. The summed E-state index contributed by atoms with van der Waals surface area (Å²) in [6, 6.07) is 10.9. The van der Waals surface area contributed by atoms with Crippen molar-refractivity contribution in [3.05, 3.63) is 64.1 Å². The van der Waals surface area contributed by atoms with Crippen LogP contribution in [0.4, 0.5) is 0 Å². The third-order valence-electron chi connectivity index (χ3n) is 6.11. The highest BCUT2D eigenvalue weighted by molar-refractivity contribution is 6.73. The monoisotopic (exact) mass is 459 g/mol. The number of amides is 1. The second-order valence-electron chi connectivity index (χ2n) is 9.52. The molecular formula is C23H33N3O5Si. The third kappa shape index (κ3) is 5.23. The lowest BCUT2D eigenvalue weighted by molar-refractivity contribution is -0.223. The first-order valence-electron chi connectivity index (χ1n) is 10.8. The highest BCUT2D eigenvalue weighted by Gasteiger charge is 2.39. The maximum atomic E-state index is 13.1. The van der Waals surface area contributed by atoms with Gasteiger partial charge in [-0.05, 0) is 23.7 Å². The van der Waals surface area contributed by atoms with Gasteiger partial charge in [0.05, 0.1) is 6.61 Å². The molecule has 1 aliphatic rings. The minimum atomic E-state index is -2.01. The number of nitrogens with one attached hydrogen (secondary N) is 1. The second-order valence-corrected chi connectivity index (χ2v) is 14.2. The van der Waals surface area contributed by atoms with Gasteiger partial charge in [-0.1, -0.05) is 51.1 Å². The van der Waals surface area contributed by atoms with Crippen molar-refractivity contribution in [2.24, 2.45) is 0 Å². The number of pyridine rings is 1. The Morgan fingerprint density at radius 3 is 2.44 bits per heavy atom. The Morgan fingerprint density at radius 1 is 1.09 bits per heavy atom. The number of nitrogens with zero attached hydrogens (tertiary/aromatic N) is 2. The lowest BCUT2D eigenvalue weighted by atomic mass is 10.2. The van der Waals surface area contributed by atoms with Crippen molar-refractivity contribution in [1.82, 2.24) is 9.58 Å². The molecule has 0 radical (unpaired) electrons. The summed E-state index contributed by atoms with van der Waals surface area (Å²) in [4.78, 5) is 32.7. The van der Waals surface area contributed by atoms with E-state index in [0.717, 1.165) is 5.56 Å². The largest absolute Gasteiger partial charge is 0.482 e. The molecule has 0 bridgehead atoms. The third-order valence-corrected chi connectivity index (χ3v) is 10.3. The molecule has 1 aromatic carbocycles. The fraction of sp³-hybridized carbons (Fsp3) is 0.478. The summed E-state index contributed by atoms with van der Waals surface area (Å²) in [5, 5.41) is 0.0455. The number of benzene rings is 1. The molecule has 1 atom stereocenters. The van der Waals surface area contributed by atoms with Crippen molar-refractivity contribution in [3.63, 3.8) is 0 Å². The second kappa shape index (κ2) is 9.48. The van der Waals surface area contributed by atoms with Gasteiger partial charge in [0.15, 0.2) is 11.4 Å². The summed E-state index contributed by atoms with van der Waals surface area (Å²) in [6.07, 6.45) is 1.75. The lowest BCUT2D eigenvalue weighted by Gasteiger charge is -2.37. The van der Waals surface area contributed by atoms with Gasteiger partial charge in [0, 0.05) is 25.7 Å². The summed E-state index contributed by atoms with van der Waals surface area (Å²) < 4.78 is 13.1. The molecular weight excluding hydrogens is 426 g/mol. The van der Waals surface area contributed by atoms with Crippen molar-refractivity contribution >= 4 is 14.2 Å². The van der Waals surface area contributed by atoms with E-state index in [1.807, 2.05) is 30.3 Å². The van der Waals surface area contributed by atoms with Gasteiger partial charge in [-0.15, -0.1) is 0 Å². The first-order valence-corrected chi connectivity index (χ1v) is 13.7. The van der Waals surface area contributed by atoms with E-state index in [9.17, 15) is 9.59 Å². The molecule has 2 aromatic rings. The Morgan fingerprint density at radius 2 is 1.78 bits per heavy atom. The van der Waals surface area contributed by atoms with Gasteiger partial charge < -0.3 is 15.1 Å². The quantitative estimate of drug-likeness (QED) is 0.280. The number of ether oxygens (including phenoxy) is 1. The Bertz CT molecular complexity index is 1000. The summed E-state index contributed by atoms with van der Waals surface area (Å²) in [6.45, 7) is 11.2. The maximum absolute atomic E-state index is 13.1. The summed E-state index contributed by atoms with van der Waals surface area (Å²) in [7, 11) is -0.319. The van der Waals surface area contributed by atoms with E-state index in [0.29, 0.717) is 13.0 Å². The van der Waals surface area contributed by atoms with Crippen LogP contribution >= 0.6 is 0 Å². The Balaban J connectivity index is 1.68. The van der Waals surface area contributed by atoms with E-state index in [1.165, 1.54) is 6.07 Å². The smallest absolute Gasteiger partial charge is 0.277 e. The standard InChI is InChI=1S/C23H33N3O5Si/c1-23(2,3)32(5,6)31-30-15-13-19-24-26-14-12-18(27)21(20(26)22(28)25(19)4)29-16-17-10-8-7-9-11-17/h7-12,14,19,24H,13,15-16H2,1-6H3. The molecule has 1 N–H and O–H groups in total. The van der Waals surface area contributed by atoms with Crippen molar-refractivity contribution < 1.29 is 19.0 Å². The van der Waals surface area contributed by atoms with E-state index >= 15 is 0 Å². The average molecular weight is 460 g/mol. The van der Waals surface area contributed by atoms with Crippen LogP contribution in [0.2, 0.25) is 18.1 Å². The maximum Gasteiger partial charge on any atom is 0.277 e. The molecule has 1 amide bonds. The van der Waals surface area contributed by atoms with Gasteiger partial charge in [0.25, 0.3) is 5.91 Å². The normalized spacial score (nSPS) is 16.5. The van der Waals surface area contributed by atoms with Crippen LogP contribution in [0.5, 0.6) is 5.75 Å². The molecule has 0 aliphatic carbocycles. The fourth-order valence-corrected chi connectivity index (χ4v) is 3.61. The Hall–Kier alpha value is -2.62. The zero-order chi connectivity index (χ0) is 23.5. The van der Waals surface area contributed by atoms with Crippen molar-refractivity contribution in [1.29, 1.82) is 0 Å². The van der Waals surface area contributed by atoms with Gasteiger partial charge >= 0.3 is 0 Å². The number of rotatable bonds is 8. The predicted molar refractivity (Wildman–Crippen MR) is 126 cm³/mol. The summed E-state index contributed by atoms with van der Waals surface area (Å²) in [5.74, 6) is -0.253. The molecule has 2 heterocycles. The predicted octanol–water partition coefficient (Wildman–Crippen LogP) is 3.73. The molecule has 3 rings (SSSR count). The van der Waals surface area contributed by atoms with Crippen molar-refractivity contribution in [3.8, 4) is 5.75 Å². The molecule has 1 aromatic heterocycles. The number of hydrogen-bond acceptors (Lipinski definition) is 6. The van der Waals surface area contributed by atoms with Crippen molar-refractivity contribution in [2.75, 3.05) is 19.1 Å². The molecule has 1 aliphatic heterocycles. The molecule has 32 heavy (non-hydrogen) atoms. The van der Waals surface area contributed by atoms with Crippen LogP contribution in [0.15, 0.2) is 47.4 Å². The fourth-order valence-electron chi connectivity index (χ4n) is 2.98. The summed E-state index contributed by atoms with van der Waals surface area (Å²) >= 11 is 0. The molecule has 0 fully saturated rings. The molecule has 1 unspecified atom stereocenters. The highest BCUT2D eigenvalue weighted by atomic mass is 28.4. The number of carbonyl (C=O) groups excluding carboxylic acids is 1. The van der Waals surface area contributed by atoms with Gasteiger partial charge in [0.2, 0.25) is 13.7 Å². The van der Waals surface area contributed by atoms with E-state index in [2.05, 4.69) is 39.3 Å². The molecule has 9 heteroatoms. The zero-order valence-electron chi connectivity index (χ0n) is 19.7. The van der Waals surface area contributed by atoms with Crippen molar-refractivity contribution in [2.45, 2.75) is 58.1 Å². The minimum Gasteiger partial charge on any atom is -0.482 e. The van der Waals surface area contributed by atoms with Crippen LogP contribution in [0, 0.1) is 0 Å². The van der Waals surface area contributed by atoms with E-state index in [-0.39, 0.29) is 40.6 Å². The van der Waals surface area contributed by atoms with Crippen LogP contribution in [0.1, 0.15) is 43.2 Å². The van der Waals surface area contributed by atoms with E-state index < -0.39 is 8.32 Å². The van der Waals surface area contributed by atoms with Gasteiger partial charge in [-0.2, -0.15) is 0 Å². The van der Waals surface area contributed by atoms with Crippen LogP contribution in [0.25, 0.3) is 0 Å². The number of fused-ring (bicyclic) bond motifs is 1. The van der Waals surface area contributed by atoms with Crippen LogP contribution < -0.4 is 15.6 Å². The van der Waals surface area contributed by atoms with E-state index in [4.69, 9.17) is 14.2 Å². The zero-order valence-corrected chi connectivity index (χ0v) is 20.7. The molecule has 8 nitrogen and oxygen atoms in total.